The van der Waals surface area contributed by atoms with Crippen molar-refractivity contribution in [3.8, 4) is 45.0 Å². The second-order valence-electron chi connectivity index (χ2n) is 11.7. The number of hydrogen-bond donors (Lipinski definition) is 1. The van der Waals surface area contributed by atoms with Crippen LogP contribution in [-0.2, 0) is 40.2 Å². The van der Waals surface area contributed by atoms with Gasteiger partial charge in [0, 0.05) is 88.0 Å². The van der Waals surface area contributed by atoms with Gasteiger partial charge in [0.25, 0.3) is 0 Å². The summed E-state index contributed by atoms with van der Waals surface area (Å²) in [6.45, 7) is 3.00. The van der Waals surface area contributed by atoms with Crippen LogP contribution in [0.15, 0.2) is 219 Å². The van der Waals surface area contributed by atoms with Crippen molar-refractivity contribution in [2.24, 2.45) is 0 Å². The van der Waals surface area contributed by atoms with Crippen LogP contribution in [0.3, 0.4) is 0 Å². The number of allylic oxidation sites excluding steroid dienone is 2. The van der Waals surface area contributed by atoms with Crippen molar-refractivity contribution < 1.29 is 60.1 Å². The first kappa shape index (κ1) is 47.1. The molecular weight excluding hydrogens is 1060 g/mol. The molecule has 6 nitrogen and oxygen atoms in total. The van der Waals surface area contributed by atoms with Crippen molar-refractivity contribution in [1.82, 2.24) is 9.97 Å². The number of aliphatic hydroxyl groups is 1. The molecule has 4 aromatic heterocycles. The van der Waals surface area contributed by atoms with Crippen molar-refractivity contribution in [3.63, 3.8) is 0 Å². The molecule has 4 heterocycles. The summed E-state index contributed by atoms with van der Waals surface area (Å²) < 4.78 is 0. The largest absolute Gasteiger partial charge is 0.512 e. The molecule has 0 spiro atoms. The van der Waals surface area contributed by atoms with E-state index in [0.29, 0.717) is 0 Å². The first-order valence-electron chi connectivity index (χ1n) is 17.7. The summed E-state index contributed by atoms with van der Waals surface area (Å²) in [5, 5.41) is 8.40. The maximum absolute atomic E-state index is 8.40. The van der Waals surface area contributed by atoms with Gasteiger partial charge < -0.3 is 15.1 Å². The molecule has 0 aliphatic heterocycles. The number of pyridine rings is 4. The number of H-pyrrole nitrogens is 2. The van der Waals surface area contributed by atoms with Crippen LogP contribution < -0.4 is 9.97 Å². The van der Waals surface area contributed by atoms with Crippen LogP contribution in [-0.4, -0.2) is 25.7 Å². The molecule has 8 rings (SSSR count). The Morgan fingerprint density at radius 2 is 0.895 bits per heavy atom. The van der Waals surface area contributed by atoms with E-state index >= 15 is 0 Å². The smallest absolute Gasteiger partial charge is 0.316 e. The SMILES string of the molecule is CC(=[OH+])C=C(C)O.[Ir].[Ir].[c-]1ccccc1-c1ccccn1.[c-]1ccccc1-c1ccccn1.c1ccc(-c2cccc[nH+]2)cc1.c1ccc(-c2cccc[nH+]2)cc1. The van der Waals surface area contributed by atoms with Crippen LogP contribution in [0.1, 0.15) is 13.8 Å². The Hall–Kier alpha value is -6.01. The predicted octanol–water partition coefficient (Wildman–Crippen LogP) is 10.4. The minimum Gasteiger partial charge on any atom is -0.512 e. The fourth-order valence-corrected chi connectivity index (χ4v) is 4.83. The number of hydrogen-bond acceptors (Lipinski definition) is 3. The van der Waals surface area contributed by atoms with Gasteiger partial charge in [-0.25, -0.2) is 9.97 Å². The third-order valence-corrected chi connectivity index (χ3v) is 7.31. The van der Waals surface area contributed by atoms with Crippen LogP contribution in [0.2, 0.25) is 0 Å². The summed E-state index contributed by atoms with van der Waals surface area (Å²) in [6, 6.07) is 66.3. The number of aromatic nitrogens is 4. The van der Waals surface area contributed by atoms with E-state index in [0.717, 1.165) is 33.9 Å². The van der Waals surface area contributed by atoms with Gasteiger partial charge in [0.2, 0.25) is 11.4 Å². The molecule has 0 fully saturated rings. The van der Waals surface area contributed by atoms with Crippen LogP contribution >= 0.6 is 0 Å². The van der Waals surface area contributed by atoms with Crippen LogP contribution in [0.4, 0.5) is 0 Å². The molecule has 8 aromatic rings. The molecular formula is C49H45Ir2N4O2+. The molecule has 0 amide bonds. The Kier molecular flexibility index (Phi) is 23.5. The van der Waals surface area contributed by atoms with Gasteiger partial charge in [-0.2, -0.15) is 0 Å². The second kappa shape index (κ2) is 28.4. The number of aromatic amines is 2. The van der Waals surface area contributed by atoms with Gasteiger partial charge in [-0.15, -0.1) is 71.8 Å². The van der Waals surface area contributed by atoms with Gasteiger partial charge >= 0.3 is 5.78 Å². The van der Waals surface area contributed by atoms with E-state index in [1.54, 1.807) is 12.4 Å². The summed E-state index contributed by atoms with van der Waals surface area (Å²) in [5.74, 6) is 0.250. The number of carbonyl (C=O) groups excluding carboxylic acids is 1. The topological polar surface area (TPSA) is 95.7 Å². The average Bonchev–Trinajstić information content (AvgIpc) is 3.27. The molecule has 2 radical (unpaired) electrons. The van der Waals surface area contributed by atoms with Crippen LogP contribution in [0.25, 0.3) is 45.0 Å². The zero-order valence-electron chi connectivity index (χ0n) is 31.7. The Bertz CT molecular complexity index is 1770. The third kappa shape index (κ3) is 18.9. The fraction of sp³-hybridized carbons (Fsp3) is 0.0408. The normalized spacial score (nSPS) is 9.54. The van der Waals surface area contributed by atoms with Gasteiger partial charge in [0.1, 0.15) is 0 Å². The summed E-state index contributed by atoms with van der Waals surface area (Å²) in [7, 11) is 0. The van der Waals surface area contributed by atoms with Crippen molar-refractivity contribution >= 4 is 5.78 Å². The monoisotopic (exact) mass is 1110 g/mol. The second-order valence-corrected chi connectivity index (χ2v) is 11.7. The van der Waals surface area contributed by atoms with E-state index in [-0.39, 0.29) is 51.8 Å². The number of aliphatic hydroxyl groups excluding tert-OH is 1. The van der Waals surface area contributed by atoms with Crippen molar-refractivity contribution in [1.29, 1.82) is 0 Å². The number of nitrogens with one attached hydrogen (secondary N) is 2. The van der Waals surface area contributed by atoms with E-state index in [2.05, 4.69) is 68.5 Å². The van der Waals surface area contributed by atoms with E-state index in [1.807, 2.05) is 158 Å². The van der Waals surface area contributed by atoms with E-state index in [9.17, 15) is 0 Å². The molecule has 0 saturated heterocycles. The summed E-state index contributed by atoms with van der Waals surface area (Å²) >= 11 is 0. The van der Waals surface area contributed by atoms with Crippen LogP contribution in [0.5, 0.6) is 0 Å². The van der Waals surface area contributed by atoms with E-state index < -0.39 is 0 Å². The molecule has 0 atom stereocenters. The minimum absolute atomic E-state index is 0. The zero-order chi connectivity index (χ0) is 38.8. The van der Waals surface area contributed by atoms with Gasteiger partial charge in [-0.05, 0) is 66.8 Å². The Morgan fingerprint density at radius 1 is 0.509 bits per heavy atom. The fourth-order valence-electron chi connectivity index (χ4n) is 4.83. The molecule has 0 aliphatic rings. The number of benzene rings is 4. The maximum atomic E-state index is 8.40. The molecule has 4 N–H and O–H groups in total. The van der Waals surface area contributed by atoms with Crippen LogP contribution in [0, 0.1) is 12.1 Å². The molecule has 57 heavy (non-hydrogen) atoms. The van der Waals surface area contributed by atoms with Gasteiger partial charge in [-0.1, -0.05) is 60.7 Å². The number of rotatable bonds is 5. The Morgan fingerprint density at radius 3 is 1.18 bits per heavy atom. The third-order valence-electron chi connectivity index (χ3n) is 7.31. The standard InChI is InChI=1S/2C11H9N.2C11H8N.C5H8O2.2Ir/c4*1-2-6-10(7-3-1)11-8-4-5-9-12-11;1-4(6)3-5(2)7;;/h2*1-9H;2*1-6,8-9H;3,6H,1-2H3;;/q;;2*-1;;;/p+3. The molecule has 4 aromatic carbocycles. The predicted molar refractivity (Wildman–Crippen MR) is 223 cm³/mol. The first-order valence-corrected chi connectivity index (χ1v) is 17.7. The molecule has 0 saturated carbocycles. The zero-order valence-corrected chi connectivity index (χ0v) is 36.5. The summed E-state index contributed by atoms with van der Waals surface area (Å²) in [4.78, 5) is 23.2. The summed E-state index contributed by atoms with van der Waals surface area (Å²) in [6.07, 6.45) is 8.72. The Labute approximate surface area is 363 Å². The van der Waals surface area contributed by atoms with E-state index in [1.165, 1.54) is 31.1 Å². The molecule has 290 valence electrons. The molecule has 0 aliphatic carbocycles. The molecule has 0 unspecified atom stereocenters. The van der Waals surface area contributed by atoms with E-state index in [4.69, 9.17) is 9.90 Å². The number of ketones is 1. The van der Waals surface area contributed by atoms with Gasteiger partial charge in [0.15, 0.2) is 12.4 Å². The number of nitrogens with zero attached hydrogens (tertiary/aromatic N) is 2. The molecule has 8 heteroatoms. The first-order chi connectivity index (χ1) is 27.0. The summed E-state index contributed by atoms with van der Waals surface area (Å²) in [5.41, 5.74) is 8.76. The van der Waals surface area contributed by atoms with Gasteiger partial charge in [0.05, 0.1) is 18.8 Å². The van der Waals surface area contributed by atoms with Crippen molar-refractivity contribution in [2.45, 2.75) is 13.8 Å². The molecule has 0 bridgehead atoms. The maximum Gasteiger partial charge on any atom is 0.316 e. The van der Waals surface area contributed by atoms with Crippen molar-refractivity contribution in [3.05, 3.63) is 231 Å². The minimum atomic E-state index is 0. The van der Waals surface area contributed by atoms with Crippen molar-refractivity contribution in [2.75, 3.05) is 0 Å². The average molecular weight is 1110 g/mol. The Balaban J connectivity index is 0.000000247. The quantitative estimate of drug-likeness (QED) is 0.0805. The van der Waals surface area contributed by atoms with Gasteiger partial charge in [-0.3, -0.25) is 4.79 Å².